The monoisotopic (exact) mass is 281 g/mol. The van der Waals surface area contributed by atoms with Gasteiger partial charge in [0.1, 0.15) is 12.4 Å². The van der Waals surface area contributed by atoms with E-state index >= 15 is 0 Å². The molecule has 3 rings (SSSR count). The lowest BCUT2D eigenvalue weighted by Gasteiger charge is -2.13. The Hall–Kier alpha value is -2.29. The van der Waals surface area contributed by atoms with E-state index in [0.717, 1.165) is 23.3 Å². The van der Waals surface area contributed by atoms with Crippen LogP contribution in [0.25, 0.3) is 0 Å². The molecule has 1 heterocycles. The zero-order valence-corrected chi connectivity index (χ0v) is 12.1. The first-order valence-electron chi connectivity index (χ1n) is 7.31. The molecule has 21 heavy (non-hydrogen) atoms. The molecule has 1 aliphatic heterocycles. The molecule has 0 fully saturated rings. The molecule has 0 aromatic heterocycles. The van der Waals surface area contributed by atoms with Crippen molar-refractivity contribution in [3.63, 3.8) is 0 Å². The van der Waals surface area contributed by atoms with Crippen LogP contribution in [0.15, 0.2) is 48.5 Å². The average molecular weight is 281 g/mol. The molecule has 0 radical (unpaired) electrons. The van der Waals surface area contributed by atoms with Gasteiger partial charge in [-0.05, 0) is 42.2 Å². The second-order valence-corrected chi connectivity index (χ2v) is 5.40. The summed E-state index contributed by atoms with van der Waals surface area (Å²) in [5, 5.41) is 2.94. The summed E-state index contributed by atoms with van der Waals surface area (Å²) in [6.07, 6.45) is 0.855. The number of nitrogens with one attached hydrogen (secondary N) is 1. The number of benzene rings is 2. The smallest absolute Gasteiger partial charge is 0.227 e. The Balaban J connectivity index is 1.76. The van der Waals surface area contributed by atoms with Gasteiger partial charge in [-0.1, -0.05) is 36.4 Å². The first-order chi connectivity index (χ1) is 10.2. The number of ether oxygens (including phenoxy) is 1. The summed E-state index contributed by atoms with van der Waals surface area (Å²) in [5.74, 6) is 0.872. The topological polar surface area (TPSA) is 38.3 Å². The Kier molecular flexibility index (Phi) is 3.91. The van der Waals surface area contributed by atoms with E-state index in [-0.39, 0.29) is 11.8 Å². The summed E-state index contributed by atoms with van der Waals surface area (Å²) in [5.41, 5.74) is 3.46. The summed E-state index contributed by atoms with van der Waals surface area (Å²) in [4.78, 5) is 11.8. The molecular weight excluding hydrogens is 262 g/mol. The van der Waals surface area contributed by atoms with Crippen LogP contribution in [-0.4, -0.2) is 12.5 Å². The molecule has 0 aliphatic carbocycles. The second kappa shape index (κ2) is 6.00. The quantitative estimate of drug-likeness (QED) is 0.939. The Morgan fingerprint density at radius 1 is 1.19 bits per heavy atom. The van der Waals surface area contributed by atoms with E-state index in [1.54, 1.807) is 0 Å². The number of amides is 1. The van der Waals surface area contributed by atoms with Crippen molar-refractivity contribution in [2.24, 2.45) is 0 Å². The molecule has 0 bridgehead atoms. The Morgan fingerprint density at radius 3 is 2.81 bits per heavy atom. The maximum atomic E-state index is 11.8. The summed E-state index contributed by atoms with van der Waals surface area (Å²) >= 11 is 0. The summed E-state index contributed by atoms with van der Waals surface area (Å²) in [6.45, 7) is 3.20. The minimum absolute atomic E-state index is 0.0920. The first kappa shape index (κ1) is 13.7. The number of fused-ring (bicyclic) bond motifs is 1. The van der Waals surface area contributed by atoms with Gasteiger partial charge >= 0.3 is 0 Å². The fraction of sp³-hybridized carbons (Fsp3) is 0.278. The molecular formula is C18H19NO2. The lowest BCUT2D eigenvalue weighted by atomic mass is 9.95. The number of carbonyl (C=O) groups excluding carboxylic acids is 1. The summed E-state index contributed by atoms with van der Waals surface area (Å²) in [6, 6.07) is 16.2. The van der Waals surface area contributed by atoms with Crippen LogP contribution < -0.4 is 10.1 Å². The lowest BCUT2D eigenvalue weighted by Crippen LogP contribution is -2.26. The molecule has 2 aromatic carbocycles. The fourth-order valence-electron chi connectivity index (χ4n) is 2.67. The van der Waals surface area contributed by atoms with Gasteiger partial charge in [-0.2, -0.15) is 0 Å². The molecule has 1 unspecified atom stereocenters. The van der Waals surface area contributed by atoms with Gasteiger partial charge in [-0.15, -0.1) is 0 Å². The molecule has 1 N–H and O–H groups in total. The van der Waals surface area contributed by atoms with Crippen molar-refractivity contribution in [3.8, 4) is 5.75 Å². The normalized spacial score (nSPS) is 17.6. The van der Waals surface area contributed by atoms with Crippen molar-refractivity contribution in [2.45, 2.75) is 25.9 Å². The van der Waals surface area contributed by atoms with Crippen LogP contribution in [-0.2, 0) is 17.8 Å². The SMILES string of the molecule is CC1C(=O)NCCc2cc(OCc3ccccc3)ccc21. The van der Waals surface area contributed by atoms with Crippen molar-refractivity contribution < 1.29 is 9.53 Å². The van der Waals surface area contributed by atoms with Gasteiger partial charge in [0.2, 0.25) is 5.91 Å². The molecule has 0 saturated heterocycles. The van der Waals surface area contributed by atoms with E-state index in [1.165, 1.54) is 5.56 Å². The molecule has 2 aromatic rings. The number of hydrogen-bond donors (Lipinski definition) is 1. The number of carbonyl (C=O) groups is 1. The number of rotatable bonds is 3. The summed E-state index contributed by atoms with van der Waals surface area (Å²) < 4.78 is 5.86. The number of hydrogen-bond acceptors (Lipinski definition) is 2. The fourth-order valence-corrected chi connectivity index (χ4v) is 2.67. The molecule has 108 valence electrons. The third-order valence-electron chi connectivity index (χ3n) is 3.92. The second-order valence-electron chi connectivity index (χ2n) is 5.40. The average Bonchev–Trinajstić information content (AvgIpc) is 2.66. The largest absolute Gasteiger partial charge is 0.489 e. The zero-order chi connectivity index (χ0) is 14.7. The van der Waals surface area contributed by atoms with Crippen LogP contribution in [0.1, 0.15) is 29.5 Å². The van der Waals surface area contributed by atoms with E-state index < -0.39 is 0 Å². The Bertz CT molecular complexity index is 637. The minimum Gasteiger partial charge on any atom is -0.489 e. The predicted octanol–water partition coefficient (Wildman–Crippen LogP) is 3.04. The van der Waals surface area contributed by atoms with Gasteiger partial charge in [0.05, 0.1) is 5.92 Å². The van der Waals surface area contributed by atoms with Gasteiger partial charge in [0.15, 0.2) is 0 Å². The van der Waals surface area contributed by atoms with Gasteiger partial charge in [0, 0.05) is 6.54 Å². The molecule has 1 atom stereocenters. The van der Waals surface area contributed by atoms with E-state index in [1.807, 2.05) is 49.4 Å². The highest BCUT2D eigenvalue weighted by Gasteiger charge is 2.21. The van der Waals surface area contributed by atoms with Gasteiger partial charge in [0.25, 0.3) is 0 Å². The Morgan fingerprint density at radius 2 is 2.00 bits per heavy atom. The molecule has 0 saturated carbocycles. The van der Waals surface area contributed by atoms with Crippen molar-refractivity contribution >= 4 is 5.91 Å². The lowest BCUT2D eigenvalue weighted by molar-refractivity contribution is -0.122. The highest BCUT2D eigenvalue weighted by atomic mass is 16.5. The van der Waals surface area contributed by atoms with Crippen molar-refractivity contribution in [1.82, 2.24) is 5.32 Å². The molecule has 3 nitrogen and oxygen atoms in total. The van der Waals surface area contributed by atoms with Crippen molar-refractivity contribution in [2.75, 3.05) is 6.54 Å². The standard InChI is InChI=1S/C18H19NO2/c1-13-17-8-7-16(11-15(17)9-10-19-18(13)20)21-12-14-5-3-2-4-6-14/h2-8,11,13H,9-10,12H2,1H3,(H,19,20). The highest BCUT2D eigenvalue weighted by molar-refractivity contribution is 5.84. The van der Waals surface area contributed by atoms with Crippen molar-refractivity contribution in [3.05, 3.63) is 65.2 Å². The maximum absolute atomic E-state index is 11.8. The van der Waals surface area contributed by atoms with E-state index in [4.69, 9.17) is 4.74 Å². The van der Waals surface area contributed by atoms with Gasteiger partial charge in [-0.25, -0.2) is 0 Å². The Labute approximate surface area is 124 Å². The van der Waals surface area contributed by atoms with Crippen molar-refractivity contribution in [1.29, 1.82) is 0 Å². The van der Waals surface area contributed by atoms with Gasteiger partial charge in [-0.3, -0.25) is 4.79 Å². The predicted molar refractivity (Wildman–Crippen MR) is 82.3 cm³/mol. The van der Waals surface area contributed by atoms with Gasteiger partial charge < -0.3 is 10.1 Å². The van der Waals surface area contributed by atoms with Crippen LogP contribution >= 0.6 is 0 Å². The third kappa shape index (κ3) is 3.07. The van der Waals surface area contributed by atoms with Crippen LogP contribution in [0.3, 0.4) is 0 Å². The van der Waals surface area contributed by atoms with E-state index in [2.05, 4.69) is 11.4 Å². The first-order valence-corrected chi connectivity index (χ1v) is 7.31. The van der Waals surface area contributed by atoms with Crippen LogP contribution in [0.2, 0.25) is 0 Å². The molecule has 0 spiro atoms. The maximum Gasteiger partial charge on any atom is 0.227 e. The molecule has 3 heteroatoms. The molecule has 1 amide bonds. The molecule has 1 aliphatic rings. The van der Waals surface area contributed by atoms with Crippen LogP contribution in [0.5, 0.6) is 5.75 Å². The van der Waals surface area contributed by atoms with Crippen LogP contribution in [0.4, 0.5) is 0 Å². The van der Waals surface area contributed by atoms with Crippen LogP contribution in [0, 0.1) is 0 Å². The van der Waals surface area contributed by atoms with E-state index in [9.17, 15) is 4.79 Å². The van der Waals surface area contributed by atoms with E-state index in [0.29, 0.717) is 13.2 Å². The third-order valence-corrected chi connectivity index (χ3v) is 3.92. The minimum atomic E-state index is -0.0920. The zero-order valence-electron chi connectivity index (χ0n) is 12.1. The summed E-state index contributed by atoms with van der Waals surface area (Å²) in [7, 11) is 0. The highest BCUT2D eigenvalue weighted by Crippen LogP contribution is 2.27.